The predicted molar refractivity (Wildman–Crippen MR) is 69.6 cm³/mol. The Balaban J connectivity index is 2.09. The molecule has 1 atom stereocenters. The van der Waals surface area contributed by atoms with Crippen molar-refractivity contribution >= 4 is 28.3 Å². The number of nitrogens with one attached hydrogen (secondary N) is 2. The van der Waals surface area contributed by atoms with Crippen molar-refractivity contribution in [2.24, 2.45) is 0 Å². The summed E-state index contributed by atoms with van der Waals surface area (Å²) in [6.07, 6.45) is 1.80. The fourth-order valence-electron chi connectivity index (χ4n) is 1.80. The summed E-state index contributed by atoms with van der Waals surface area (Å²) < 4.78 is 0. The van der Waals surface area contributed by atoms with Crippen LogP contribution in [-0.4, -0.2) is 36.4 Å². The van der Waals surface area contributed by atoms with Gasteiger partial charge in [0, 0.05) is 17.1 Å². The van der Waals surface area contributed by atoms with Gasteiger partial charge in [0.1, 0.15) is 13.1 Å². The largest absolute Gasteiger partial charge is 0.329 e. The first-order chi connectivity index (χ1) is 8.60. The molecule has 98 valence electrons. The average Bonchev–Trinajstić information content (AvgIpc) is 2.77. The lowest BCUT2D eigenvalue weighted by Gasteiger charge is -2.24. The lowest BCUT2D eigenvalue weighted by Crippen LogP contribution is -2.51. The number of anilines is 1. The van der Waals surface area contributed by atoms with Crippen LogP contribution < -0.4 is 15.5 Å². The van der Waals surface area contributed by atoms with E-state index in [1.54, 1.807) is 11.1 Å². The van der Waals surface area contributed by atoms with E-state index in [4.69, 9.17) is 0 Å². The molecule has 7 heteroatoms. The highest BCUT2D eigenvalue weighted by atomic mass is 32.1. The zero-order valence-electron chi connectivity index (χ0n) is 10.4. The van der Waals surface area contributed by atoms with Crippen molar-refractivity contribution in [1.82, 2.24) is 15.6 Å². The van der Waals surface area contributed by atoms with E-state index in [1.807, 2.05) is 6.92 Å². The molecule has 0 aliphatic carbocycles. The first kappa shape index (κ1) is 13.0. The van der Waals surface area contributed by atoms with Gasteiger partial charge < -0.3 is 10.2 Å². The van der Waals surface area contributed by atoms with Crippen LogP contribution in [0.1, 0.15) is 24.8 Å². The number of rotatable bonds is 4. The Labute approximate surface area is 109 Å². The highest BCUT2D eigenvalue weighted by molar-refractivity contribution is 7.15. The van der Waals surface area contributed by atoms with E-state index in [0.717, 1.165) is 16.6 Å². The van der Waals surface area contributed by atoms with Crippen molar-refractivity contribution in [2.45, 2.75) is 19.9 Å². The molecule has 18 heavy (non-hydrogen) atoms. The molecular formula is C11H16N4O2S. The van der Waals surface area contributed by atoms with Crippen molar-refractivity contribution in [1.29, 1.82) is 0 Å². The van der Waals surface area contributed by atoms with Crippen LogP contribution in [0.2, 0.25) is 0 Å². The minimum atomic E-state index is -0.275. The van der Waals surface area contributed by atoms with Crippen molar-refractivity contribution in [3.63, 3.8) is 0 Å². The Morgan fingerprint density at radius 2 is 2.17 bits per heavy atom. The molecule has 0 bridgehead atoms. The fraction of sp³-hybridized carbons (Fsp3) is 0.545. The van der Waals surface area contributed by atoms with Crippen LogP contribution in [0.15, 0.2) is 6.20 Å². The van der Waals surface area contributed by atoms with Crippen LogP contribution in [-0.2, 0) is 9.59 Å². The van der Waals surface area contributed by atoms with Crippen LogP contribution in [0.5, 0.6) is 0 Å². The zero-order valence-corrected chi connectivity index (χ0v) is 11.2. The molecule has 1 unspecified atom stereocenters. The standard InChI is InChI=1S/C11H16N4O2S/c1-3-12-7(2)8-4-13-11(18-8)15-5-9(16)14-10(17)6-15/h4,7,12H,3,5-6H2,1-2H3,(H,14,16,17). The second kappa shape index (κ2) is 5.45. The third-order valence-electron chi connectivity index (χ3n) is 2.67. The van der Waals surface area contributed by atoms with Gasteiger partial charge in [-0.05, 0) is 13.5 Å². The molecule has 0 radical (unpaired) electrons. The summed E-state index contributed by atoms with van der Waals surface area (Å²) in [5.74, 6) is -0.550. The van der Waals surface area contributed by atoms with Gasteiger partial charge >= 0.3 is 0 Å². The third-order valence-corrected chi connectivity index (χ3v) is 3.91. The van der Waals surface area contributed by atoms with Crippen LogP contribution in [0.4, 0.5) is 5.13 Å². The monoisotopic (exact) mass is 268 g/mol. The van der Waals surface area contributed by atoms with Gasteiger partial charge in [-0.3, -0.25) is 14.9 Å². The summed E-state index contributed by atoms with van der Waals surface area (Å²) in [5, 5.41) is 6.30. The first-order valence-corrected chi connectivity index (χ1v) is 6.68. The number of piperazine rings is 1. The molecule has 0 saturated carbocycles. The lowest BCUT2D eigenvalue weighted by atomic mass is 10.3. The molecule has 1 fully saturated rings. The summed E-state index contributed by atoms with van der Waals surface area (Å²) in [6, 6.07) is 0.232. The second-order valence-electron chi connectivity index (χ2n) is 4.15. The number of aromatic nitrogens is 1. The molecule has 1 saturated heterocycles. The topological polar surface area (TPSA) is 74.3 Å². The minimum absolute atomic E-state index is 0.189. The normalized spacial score (nSPS) is 17.8. The number of hydrogen-bond acceptors (Lipinski definition) is 6. The lowest BCUT2D eigenvalue weighted by molar-refractivity contribution is -0.130. The molecular weight excluding hydrogens is 252 g/mol. The highest BCUT2D eigenvalue weighted by Crippen LogP contribution is 2.27. The van der Waals surface area contributed by atoms with E-state index in [1.165, 1.54) is 11.3 Å². The number of hydrogen-bond donors (Lipinski definition) is 2. The van der Waals surface area contributed by atoms with Crippen LogP contribution in [0.3, 0.4) is 0 Å². The maximum atomic E-state index is 11.3. The summed E-state index contributed by atoms with van der Waals surface area (Å²) in [6.45, 7) is 5.38. The Bertz CT molecular complexity index is 444. The Hall–Kier alpha value is -1.47. The molecule has 2 heterocycles. The molecule has 6 nitrogen and oxygen atoms in total. The van der Waals surface area contributed by atoms with E-state index >= 15 is 0 Å². The summed E-state index contributed by atoms with van der Waals surface area (Å²) in [5.41, 5.74) is 0. The van der Waals surface area contributed by atoms with Gasteiger partial charge in [0.2, 0.25) is 11.8 Å². The van der Waals surface area contributed by atoms with Gasteiger partial charge in [0.05, 0.1) is 0 Å². The molecule has 0 aromatic carbocycles. The van der Waals surface area contributed by atoms with Crippen molar-refractivity contribution < 1.29 is 9.59 Å². The van der Waals surface area contributed by atoms with Crippen molar-refractivity contribution in [3.8, 4) is 0 Å². The minimum Gasteiger partial charge on any atom is -0.329 e. The summed E-state index contributed by atoms with van der Waals surface area (Å²) in [7, 11) is 0. The summed E-state index contributed by atoms with van der Waals surface area (Å²) >= 11 is 1.51. The highest BCUT2D eigenvalue weighted by Gasteiger charge is 2.25. The van der Waals surface area contributed by atoms with E-state index in [0.29, 0.717) is 0 Å². The number of amides is 2. The SMILES string of the molecule is CCNC(C)c1cnc(N2CC(=O)NC(=O)C2)s1. The number of thiazole rings is 1. The van der Waals surface area contributed by atoms with Gasteiger partial charge in [0.15, 0.2) is 5.13 Å². The molecule has 1 aromatic heterocycles. The molecule has 0 spiro atoms. The Morgan fingerprint density at radius 3 is 2.78 bits per heavy atom. The zero-order chi connectivity index (χ0) is 13.1. The second-order valence-corrected chi connectivity index (χ2v) is 5.19. The van der Waals surface area contributed by atoms with Crippen LogP contribution >= 0.6 is 11.3 Å². The maximum Gasteiger partial charge on any atom is 0.246 e. The molecule has 1 aromatic rings. The van der Waals surface area contributed by atoms with E-state index in [-0.39, 0.29) is 30.9 Å². The number of carbonyl (C=O) groups is 2. The Morgan fingerprint density at radius 1 is 1.50 bits per heavy atom. The van der Waals surface area contributed by atoms with Gasteiger partial charge in [-0.25, -0.2) is 4.98 Å². The van der Waals surface area contributed by atoms with Crippen LogP contribution in [0, 0.1) is 0 Å². The quantitative estimate of drug-likeness (QED) is 0.767. The van der Waals surface area contributed by atoms with E-state index in [9.17, 15) is 9.59 Å². The van der Waals surface area contributed by atoms with Crippen LogP contribution in [0.25, 0.3) is 0 Å². The maximum absolute atomic E-state index is 11.3. The molecule has 1 aliphatic heterocycles. The van der Waals surface area contributed by atoms with Gasteiger partial charge in [-0.15, -0.1) is 11.3 Å². The third kappa shape index (κ3) is 2.85. The number of carbonyl (C=O) groups excluding carboxylic acids is 2. The van der Waals surface area contributed by atoms with Gasteiger partial charge in [-0.2, -0.15) is 0 Å². The van der Waals surface area contributed by atoms with E-state index in [2.05, 4.69) is 22.5 Å². The fourth-order valence-corrected chi connectivity index (χ4v) is 2.74. The molecule has 2 rings (SSSR count). The van der Waals surface area contributed by atoms with Gasteiger partial charge in [0.25, 0.3) is 0 Å². The molecule has 2 amide bonds. The molecule has 2 N–H and O–H groups in total. The summed E-state index contributed by atoms with van der Waals surface area (Å²) in [4.78, 5) is 29.7. The first-order valence-electron chi connectivity index (χ1n) is 5.87. The average molecular weight is 268 g/mol. The molecule has 1 aliphatic rings. The Kier molecular flexibility index (Phi) is 3.93. The van der Waals surface area contributed by atoms with Crippen molar-refractivity contribution in [3.05, 3.63) is 11.1 Å². The predicted octanol–water partition coefficient (Wildman–Crippen LogP) is 0.276. The van der Waals surface area contributed by atoms with Crippen molar-refractivity contribution in [2.75, 3.05) is 24.5 Å². The van der Waals surface area contributed by atoms with Gasteiger partial charge in [-0.1, -0.05) is 6.92 Å². The number of nitrogens with zero attached hydrogens (tertiary/aromatic N) is 2. The smallest absolute Gasteiger partial charge is 0.246 e. The van der Waals surface area contributed by atoms with E-state index < -0.39 is 0 Å². The number of imide groups is 1.